The summed E-state index contributed by atoms with van der Waals surface area (Å²) in [5.41, 5.74) is 6.31. The Balaban J connectivity index is 1.98. The molecule has 0 fully saturated rings. The number of nitrogens with one attached hydrogen (secondary N) is 2. The molecule has 1 aromatic carbocycles. The summed E-state index contributed by atoms with van der Waals surface area (Å²) < 4.78 is 47.2. The van der Waals surface area contributed by atoms with Gasteiger partial charge in [-0.25, -0.2) is 24.2 Å². The number of alkyl halides is 3. The van der Waals surface area contributed by atoms with Crippen LogP contribution in [-0.4, -0.2) is 47.0 Å². The van der Waals surface area contributed by atoms with E-state index in [1.807, 2.05) is 0 Å². The Kier molecular flexibility index (Phi) is 10.0. The molecule has 2 aromatic rings. The second kappa shape index (κ2) is 12.9. The van der Waals surface area contributed by atoms with Crippen molar-refractivity contribution in [2.75, 3.05) is 0 Å². The van der Waals surface area contributed by atoms with E-state index in [4.69, 9.17) is 25.4 Å². The second-order valence-corrected chi connectivity index (χ2v) is 7.68. The smallest absolute Gasteiger partial charge is 0.481 e. The van der Waals surface area contributed by atoms with Crippen LogP contribution >= 0.6 is 0 Å². The second-order valence-electron chi connectivity index (χ2n) is 7.68. The summed E-state index contributed by atoms with van der Waals surface area (Å²) in [6, 6.07) is 7.29. The molecule has 0 saturated carbocycles. The number of carbonyl (C=O) groups excluding carboxylic acids is 3. The fraction of sp³-hybridized carbons (Fsp3) is 0.261. The maximum absolute atomic E-state index is 12.3. The number of hydrogen-bond acceptors (Lipinski definition) is 10. The first-order chi connectivity index (χ1) is 17.8. The van der Waals surface area contributed by atoms with Gasteiger partial charge in [0.1, 0.15) is 23.4 Å². The normalized spacial score (nSPS) is 12.3. The van der Waals surface area contributed by atoms with Crippen LogP contribution in [0, 0.1) is 5.41 Å². The van der Waals surface area contributed by atoms with Gasteiger partial charge in [-0.3, -0.25) is 10.2 Å². The fourth-order valence-electron chi connectivity index (χ4n) is 2.73. The van der Waals surface area contributed by atoms with Crippen molar-refractivity contribution in [3.8, 4) is 5.75 Å². The molecule has 0 bridgehead atoms. The van der Waals surface area contributed by atoms with Crippen LogP contribution in [0.4, 0.5) is 13.2 Å². The van der Waals surface area contributed by atoms with E-state index in [1.165, 1.54) is 42.6 Å². The summed E-state index contributed by atoms with van der Waals surface area (Å²) in [6.07, 6.45) is -4.97. The van der Waals surface area contributed by atoms with Gasteiger partial charge in [0.05, 0.1) is 0 Å². The number of benzene rings is 1. The highest BCUT2D eigenvalue weighted by Crippen LogP contribution is 2.18. The van der Waals surface area contributed by atoms with Crippen molar-refractivity contribution < 1.29 is 56.4 Å². The van der Waals surface area contributed by atoms with Gasteiger partial charge in [-0.1, -0.05) is 5.57 Å². The largest absolute Gasteiger partial charge is 0.495 e. The number of rotatable bonds is 11. The van der Waals surface area contributed by atoms with Gasteiger partial charge in [0.25, 0.3) is 0 Å². The number of nitrogen functional groups attached to an aromatic ring is 1. The van der Waals surface area contributed by atoms with Crippen LogP contribution in [0.5, 0.6) is 5.75 Å². The number of carbonyl (C=O) groups is 4. The maximum atomic E-state index is 12.3. The molecule has 12 nitrogen and oxygen atoms in total. The summed E-state index contributed by atoms with van der Waals surface area (Å²) in [7, 11) is 0. The predicted molar refractivity (Wildman–Crippen MR) is 121 cm³/mol. The molecule has 0 radical (unpaired) electrons. The zero-order valence-electron chi connectivity index (χ0n) is 19.7. The molecule has 0 unspecified atom stereocenters. The van der Waals surface area contributed by atoms with Crippen LogP contribution < -0.4 is 15.8 Å². The molecule has 5 N–H and O–H groups in total. The van der Waals surface area contributed by atoms with Crippen molar-refractivity contribution >= 4 is 29.7 Å². The first-order valence-corrected chi connectivity index (χ1v) is 10.6. The summed E-state index contributed by atoms with van der Waals surface area (Å²) in [4.78, 5) is 53.2. The van der Waals surface area contributed by atoms with Crippen LogP contribution in [0.1, 0.15) is 41.6 Å². The van der Waals surface area contributed by atoms with Crippen molar-refractivity contribution in [1.29, 1.82) is 5.41 Å². The zero-order chi connectivity index (χ0) is 28.5. The van der Waals surface area contributed by atoms with E-state index in [9.17, 15) is 32.3 Å². The SMILES string of the molecule is C/C(=C\N[C@@H](CCC(=O)O)C(=O)OOC(=O)C(F)(F)F)Cc1ccc(C(=O)Oc2ccc(C(=N)N)cc2)o1. The van der Waals surface area contributed by atoms with Gasteiger partial charge in [0.15, 0.2) is 0 Å². The Morgan fingerprint density at radius 1 is 1.13 bits per heavy atom. The van der Waals surface area contributed by atoms with Gasteiger partial charge in [-0.2, -0.15) is 13.2 Å². The first-order valence-electron chi connectivity index (χ1n) is 10.6. The molecule has 1 aromatic heterocycles. The fourth-order valence-corrected chi connectivity index (χ4v) is 2.73. The number of ether oxygens (including phenoxy) is 1. The third kappa shape index (κ3) is 9.33. The topological polar surface area (TPSA) is 191 Å². The van der Waals surface area contributed by atoms with E-state index in [0.29, 0.717) is 16.9 Å². The lowest BCUT2D eigenvalue weighted by Crippen LogP contribution is -2.37. The predicted octanol–water partition coefficient (Wildman–Crippen LogP) is 2.62. The minimum absolute atomic E-state index is 0.108. The van der Waals surface area contributed by atoms with Gasteiger partial charge < -0.3 is 25.3 Å². The molecule has 38 heavy (non-hydrogen) atoms. The van der Waals surface area contributed by atoms with Gasteiger partial charge in [-0.15, -0.1) is 0 Å². The van der Waals surface area contributed by atoms with E-state index < -0.39 is 48.9 Å². The lowest BCUT2D eigenvalue weighted by Gasteiger charge is -2.15. The standard InChI is InChI=1S/C23H22F3N3O9/c1-12(11-29-16(7-9-18(30)31)20(32)37-38-22(34)23(24,25)26)10-15-6-8-17(35-15)21(33)36-14-4-2-13(3-5-14)19(27)28/h2-6,8,11,16,29H,7,9-10H2,1H3,(H3,27,28)(H,30,31)/b12-11+/t16-/m0/s1. The molecular formula is C23H22F3N3O9. The molecule has 0 spiro atoms. The molecule has 2 rings (SSSR count). The Bertz CT molecular complexity index is 1220. The zero-order valence-corrected chi connectivity index (χ0v) is 19.7. The number of nitrogens with two attached hydrogens (primary N) is 1. The number of aliphatic carboxylic acids is 1. The number of carboxylic acid groups (broad SMARTS) is 1. The highest BCUT2D eigenvalue weighted by atomic mass is 19.4. The molecule has 0 aliphatic rings. The average molecular weight is 541 g/mol. The van der Waals surface area contributed by atoms with Crippen LogP contribution in [0.25, 0.3) is 0 Å². The minimum Gasteiger partial charge on any atom is -0.481 e. The monoisotopic (exact) mass is 541 g/mol. The lowest BCUT2D eigenvalue weighted by molar-refractivity contribution is -0.286. The number of allylic oxidation sites excluding steroid dienone is 1. The number of carboxylic acids is 1. The van der Waals surface area contributed by atoms with E-state index in [0.717, 1.165) is 0 Å². The van der Waals surface area contributed by atoms with Gasteiger partial charge >= 0.3 is 30.1 Å². The number of halogens is 3. The molecule has 1 atom stereocenters. The lowest BCUT2D eigenvalue weighted by atomic mass is 10.1. The van der Waals surface area contributed by atoms with E-state index >= 15 is 0 Å². The number of hydrogen-bond donors (Lipinski definition) is 4. The van der Waals surface area contributed by atoms with Crippen LogP contribution in [0.2, 0.25) is 0 Å². The molecule has 15 heteroatoms. The maximum Gasteiger partial charge on any atom is 0.495 e. The molecule has 1 heterocycles. The number of furan rings is 1. The Morgan fingerprint density at radius 2 is 1.79 bits per heavy atom. The van der Waals surface area contributed by atoms with Gasteiger partial charge in [0.2, 0.25) is 5.76 Å². The third-order valence-corrected chi connectivity index (χ3v) is 4.59. The highest BCUT2D eigenvalue weighted by molar-refractivity contribution is 5.95. The first kappa shape index (κ1) is 29.4. The molecule has 0 aliphatic heterocycles. The van der Waals surface area contributed by atoms with E-state index in [1.54, 1.807) is 6.92 Å². The molecule has 0 aliphatic carbocycles. The third-order valence-electron chi connectivity index (χ3n) is 4.59. The Hall–Kier alpha value is -4.82. The van der Waals surface area contributed by atoms with Gasteiger partial charge in [-0.05, 0) is 55.9 Å². The van der Waals surface area contributed by atoms with Crippen LogP contribution in [-0.2, 0) is 30.6 Å². The summed E-state index contributed by atoms with van der Waals surface area (Å²) in [5.74, 6) is -6.06. The van der Waals surface area contributed by atoms with Gasteiger partial charge in [0, 0.05) is 18.4 Å². The van der Waals surface area contributed by atoms with Crippen molar-refractivity contribution in [2.45, 2.75) is 38.4 Å². The quantitative estimate of drug-likeness (QED) is 0.0816. The molecule has 0 saturated heterocycles. The number of esters is 1. The average Bonchev–Trinajstić information content (AvgIpc) is 3.30. The van der Waals surface area contributed by atoms with Crippen LogP contribution in [0.3, 0.4) is 0 Å². The summed E-state index contributed by atoms with van der Waals surface area (Å²) in [5, 5.41) is 18.7. The number of amidine groups is 1. The van der Waals surface area contributed by atoms with Crippen molar-refractivity contribution in [2.24, 2.45) is 5.73 Å². The van der Waals surface area contributed by atoms with E-state index in [-0.39, 0.29) is 23.8 Å². The van der Waals surface area contributed by atoms with Crippen molar-refractivity contribution in [3.05, 3.63) is 65.3 Å². The minimum atomic E-state index is -5.39. The van der Waals surface area contributed by atoms with Crippen LogP contribution in [0.15, 0.2) is 52.6 Å². The Morgan fingerprint density at radius 3 is 2.37 bits per heavy atom. The van der Waals surface area contributed by atoms with E-state index in [2.05, 4.69) is 15.1 Å². The van der Waals surface area contributed by atoms with Crippen molar-refractivity contribution in [1.82, 2.24) is 5.32 Å². The Labute approximate surface area is 212 Å². The van der Waals surface area contributed by atoms with Crippen molar-refractivity contribution in [3.63, 3.8) is 0 Å². The summed E-state index contributed by atoms with van der Waals surface area (Å²) in [6.45, 7) is 1.58. The molecule has 0 amide bonds. The summed E-state index contributed by atoms with van der Waals surface area (Å²) >= 11 is 0. The molecule has 204 valence electrons. The molecular weight excluding hydrogens is 519 g/mol. The highest BCUT2D eigenvalue weighted by Gasteiger charge is 2.43.